The molecule has 3 aromatic rings. The molecule has 18 heavy (non-hydrogen) atoms. The maximum absolute atomic E-state index is 6.19. The number of aryl methyl sites for hydroxylation is 1. The molecular formula is C13H8Cl2N2S. The van der Waals surface area contributed by atoms with E-state index in [4.69, 9.17) is 23.2 Å². The molecule has 90 valence electrons. The Kier molecular flexibility index (Phi) is 2.98. The molecule has 0 fully saturated rings. The predicted octanol–water partition coefficient (Wildman–Crippen LogP) is 4.97. The van der Waals surface area contributed by atoms with Crippen molar-refractivity contribution in [2.75, 3.05) is 0 Å². The second-order valence-electron chi connectivity index (χ2n) is 3.88. The van der Waals surface area contributed by atoms with Crippen molar-refractivity contribution in [1.82, 2.24) is 9.97 Å². The maximum atomic E-state index is 6.19. The van der Waals surface area contributed by atoms with E-state index in [-0.39, 0.29) is 0 Å². The van der Waals surface area contributed by atoms with E-state index in [0.29, 0.717) is 5.15 Å². The third kappa shape index (κ3) is 1.88. The fourth-order valence-corrected chi connectivity index (χ4v) is 3.40. The quantitative estimate of drug-likeness (QED) is 0.592. The summed E-state index contributed by atoms with van der Waals surface area (Å²) in [7, 11) is 0. The van der Waals surface area contributed by atoms with E-state index in [0.717, 1.165) is 26.4 Å². The highest BCUT2D eigenvalue weighted by Gasteiger charge is 2.15. The molecule has 0 amide bonds. The van der Waals surface area contributed by atoms with Crippen molar-refractivity contribution >= 4 is 44.8 Å². The van der Waals surface area contributed by atoms with Crippen LogP contribution in [0.4, 0.5) is 0 Å². The molecule has 3 rings (SSSR count). The number of rotatable bonds is 1. The first-order valence-corrected chi connectivity index (χ1v) is 6.89. The van der Waals surface area contributed by atoms with Gasteiger partial charge in [0.05, 0.1) is 5.39 Å². The number of benzene rings is 1. The summed E-state index contributed by atoms with van der Waals surface area (Å²) in [6.07, 6.45) is 1.49. The Morgan fingerprint density at radius 3 is 2.50 bits per heavy atom. The first kappa shape index (κ1) is 11.9. The lowest BCUT2D eigenvalue weighted by atomic mass is 10.0. The zero-order valence-corrected chi connectivity index (χ0v) is 11.8. The van der Waals surface area contributed by atoms with E-state index in [9.17, 15) is 0 Å². The van der Waals surface area contributed by atoms with Gasteiger partial charge in [-0.25, -0.2) is 9.97 Å². The number of halogens is 2. The van der Waals surface area contributed by atoms with E-state index >= 15 is 0 Å². The van der Waals surface area contributed by atoms with Gasteiger partial charge in [0.15, 0.2) is 0 Å². The Morgan fingerprint density at radius 2 is 1.78 bits per heavy atom. The van der Waals surface area contributed by atoms with Crippen molar-refractivity contribution in [2.24, 2.45) is 0 Å². The molecule has 0 saturated carbocycles. The van der Waals surface area contributed by atoms with Crippen LogP contribution in [-0.4, -0.2) is 9.97 Å². The van der Waals surface area contributed by atoms with Crippen LogP contribution >= 0.6 is 34.5 Å². The largest absolute Gasteiger partial charge is 0.225 e. The van der Waals surface area contributed by atoms with Crippen LogP contribution in [0.1, 0.15) is 4.88 Å². The lowest BCUT2D eigenvalue weighted by Crippen LogP contribution is -1.82. The Bertz CT molecular complexity index is 720. The van der Waals surface area contributed by atoms with Crippen molar-refractivity contribution in [1.29, 1.82) is 0 Å². The summed E-state index contributed by atoms with van der Waals surface area (Å²) in [6.45, 7) is 2.06. The third-order valence-electron chi connectivity index (χ3n) is 2.75. The molecule has 1 aromatic carbocycles. The third-order valence-corrected chi connectivity index (χ3v) is 4.30. The van der Waals surface area contributed by atoms with Gasteiger partial charge in [0.1, 0.15) is 16.3 Å². The minimum atomic E-state index is 0.495. The minimum Gasteiger partial charge on any atom is -0.225 e. The van der Waals surface area contributed by atoms with Gasteiger partial charge in [0.25, 0.3) is 0 Å². The zero-order chi connectivity index (χ0) is 12.7. The number of hydrogen-bond acceptors (Lipinski definition) is 3. The highest BCUT2D eigenvalue weighted by atomic mass is 35.5. The van der Waals surface area contributed by atoms with Gasteiger partial charge in [-0.2, -0.15) is 0 Å². The van der Waals surface area contributed by atoms with Crippen molar-refractivity contribution in [3.63, 3.8) is 0 Å². The summed E-state index contributed by atoms with van der Waals surface area (Å²) in [5.41, 5.74) is 2.18. The molecule has 0 N–H and O–H groups in total. The Labute approximate surface area is 118 Å². The van der Waals surface area contributed by atoms with Gasteiger partial charge < -0.3 is 0 Å². The van der Waals surface area contributed by atoms with Crippen molar-refractivity contribution in [3.05, 3.63) is 45.6 Å². The smallest absolute Gasteiger partial charge is 0.141 e. The summed E-state index contributed by atoms with van der Waals surface area (Å²) >= 11 is 13.7. The van der Waals surface area contributed by atoms with Gasteiger partial charge in [-0.3, -0.25) is 0 Å². The molecule has 2 nitrogen and oxygen atoms in total. The van der Waals surface area contributed by atoms with Gasteiger partial charge in [-0.1, -0.05) is 35.3 Å². The molecule has 2 heterocycles. The van der Waals surface area contributed by atoms with Gasteiger partial charge >= 0.3 is 0 Å². The molecule has 0 radical (unpaired) electrons. The van der Waals surface area contributed by atoms with Gasteiger partial charge in [0.2, 0.25) is 0 Å². The first-order valence-electron chi connectivity index (χ1n) is 5.32. The van der Waals surface area contributed by atoms with Gasteiger partial charge in [-0.15, -0.1) is 11.3 Å². The molecule has 5 heteroatoms. The van der Waals surface area contributed by atoms with E-state index in [1.54, 1.807) is 11.3 Å². The minimum absolute atomic E-state index is 0.495. The molecular weight excluding hydrogens is 287 g/mol. The Morgan fingerprint density at radius 1 is 1.06 bits per heavy atom. The average Bonchev–Trinajstić information content (AvgIpc) is 2.68. The van der Waals surface area contributed by atoms with Crippen molar-refractivity contribution < 1.29 is 0 Å². The zero-order valence-electron chi connectivity index (χ0n) is 9.45. The number of aromatic nitrogens is 2. The van der Waals surface area contributed by atoms with Crippen molar-refractivity contribution in [3.8, 4) is 11.1 Å². The molecule has 0 bridgehead atoms. The van der Waals surface area contributed by atoms with Crippen LogP contribution in [0.3, 0.4) is 0 Å². The molecule has 0 atom stereocenters. The van der Waals surface area contributed by atoms with Crippen LogP contribution in [0, 0.1) is 6.92 Å². The van der Waals surface area contributed by atoms with Crippen LogP contribution in [0.25, 0.3) is 21.3 Å². The normalized spacial score (nSPS) is 11.1. The monoisotopic (exact) mass is 294 g/mol. The second kappa shape index (κ2) is 4.50. The molecule has 0 aliphatic heterocycles. The summed E-state index contributed by atoms with van der Waals surface area (Å²) in [5, 5.41) is 2.14. The van der Waals surface area contributed by atoms with Crippen LogP contribution in [0.15, 0.2) is 30.6 Å². The molecule has 0 aliphatic carbocycles. The molecule has 2 aromatic heterocycles. The highest BCUT2D eigenvalue weighted by molar-refractivity contribution is 7.19. The average molecular weight is 295 g/mol. The number of fused-ring (bicyclic) bond motifs is 1. The summed E-state index contributed by atoms with van der Waals surface area (Å²) < 4.78 is 0. The highest BCUT2D eigenvalue weighted by Crippen LogP contribution is 2.40. The second-order valence-corrected chi connectivity index (χ2v) is 5.88. The molecule has 0 aliphatic rings. The lowest BCUT2D eigenvalue weighted by molar-refractivity contribution is 1.23. The Hall–Kier alpha value is -1.16. The SMILES string of the molecule is Cc1sc2ncnc(Cl)c2c1-c1ccc(Cl)cc1. The fourth-order valence-electron chi connectivity index (χ4n) is 1.97. The van der Waals surface area contributed by atoms with Gasteiger partial charge in [-0.05, 0) is 24.6 Å². The topological polar surface area (TPSA) is 25.8 Å². The molecule has 0 spiro atoms. The van der Waals surface area contributed by atoms with E-state index in [1.165, 1.54) is 11.2 Å². The van der Waals surface area contributed by atoms with Crippen LogP contribution < -0.4 is 0 Å². The van der Waals surface area contributed by atoms with Gasteiger partial charge in [0, 0.05) is 15.5 Å². The number of thiophene rings is 1. The molecule has 0 unspecified atom stereocenters. The van der Waals surface area contributed by atoms with E-state index < -0.39 is 0 Å². The van der Waals surface area contributed by atoms with Crippen LogP contribution in [0.5, 0.6) is 0 Å². The molecule has 0 saturated heterocycles. The van der Waals surface area contributed by atoms with E-state index in [1.807, 2.05) is 24.3 Å². The summed E-state index contributed by atoms with van der Waals surface area (Å²) in [6, 6.07) is 7.72. The van der Waals surface area contributed by atoms with Crippen molar-refractivity contribution in [2.45, 2.75) is 6.92 Å². The van der Waals surface area contributed by atoms with Crippen LogP contribution in [-0.2, 0) is 0 Å². The Balaban J connectivity index is 2.34. The lowest BCUT2D eigenvalue weighted by Gasteiger charge is -2.02. The summed E-state index contributed by atoms with van der Waals surface area (Å²) in [4.78, 5) is 10.4. The fraction of sp³-hybridized carbons (Fsp3) is 0.0769. The number of hydrogen-bond donors (Lipinski definition) is 0. The summed E-state index contributed by atoms with van der Waals surface area (Å²) in [5.74, 6) is 0. The standard InChI is InChI=1S/C13H8Cl2N2S/c1-7-10(8-2-4-9(14)5-3-8)11-12(15)16-6-17-13(11)18-7/h2-6H,1H3. The number of nitrogens with zero attached hydrogens (tertiary/aromatic N) is 2. The predicted molar refractivity (Wildman–Crippen MR) is 77.6 cm³/mol. The van der Waals surface area contributed by atoms with E-state index in [2.05, 4.69) is 16.9 Å². The van der Waals surface area contributed by atoms with Crippen LogP contribution in [0.2, 0.25) is 10.2 Å². The maximum Gasteiger partial charge on any atom is 0.141 e. The first-order chi connectivity index (χ1) is 8.66.